The van der Waals surface area contributed by atoms with E-state index in [4.69, 9.17) is 0 Å². The molecule has 0 radical (unpaired) electrons. The second kappa shape index (κ2) is 8.31. The molecule has 0 unspecified atom stereocenters. The van der Waals surface area contributed by atoms with Crippen molar-refractivity contribution in [1.29, 1.82) is 0 Å². The Balaban J connectivity index is 1.33. The van der Waals surface area contributed by atoms with Gasteiger partial charge in [0, 0.05) is 11.9 Å². The van der Waals surface area contributed by atoms with Gasteiger partial charge in [0.2, 0.25) is 0 Å². The van der Waals surface area contributed by atoms with Crippen LogP contribution in [0.25, 0.3) is 16.4 Å². The van der Waals surface area contributed by atoms with Gasteiger partial charge < -0.3 is 4.57 Å². The van der Waals surface area contributed by atoms with Crippen molar-refractivity contribution in [3.8, 4) is 16.4 Å². The van der Waals surface area contributed by atoms with Crippen molar-refractivity contribution in [2.75, 3.05) is 0 Å². The highest BCUT2D eigenvalue weighted by Crippen LogP contribution is 2.38. The number of hydrogen-bond acceptors (Lipinski definition) is 7. The number of rotatable bonds is 6. The second-order valence-corrected chi connectivity index (χ2v) is 9.65. The van der Waals surface area contributed by atoms with Crippen LogP contribution >= 0.6 is 23.1 Å². The van der Waals surface area contributed by atoms with Crippen molar-refractivity contribution >= 4 is 23.1 Å². The predicted molar refractivity (Wildman–Crippen MR) is 119 cm³/mol. The molecule has 4 aromatic rings. The number of para-hydroxylation sites is 1. The molecular weight excluding hydrogens is 414 g/mol. The van der Waals surface area contributed by atoms with E-state index in [0.29, 0.717) is 5.75 Å². The van der Waals surface area contributed by atoms with E-state index in [1.54, 1.807) is 16.4 Å². The molecule has 0 N–H and O–H groups in total. The van der Waals surface area contributed by atoms with E-state index in [0.717, 1.165) is 28.4 Å². The second-order valence-electron chi connectivity index (χ2n) is 7.57. The summed E-state index contributed by atoms with van der Waals surface area (Å²) in [6, 6.07) is 12.3. The van der Waals surface area contributed by atoms with Crippen LogP contribution in [0.2, 0.25) is 0 Å². The molecule has 154 valence electrons. The molecule has 1 aliphatic carbocycles. The van der Waals surface area contributed by atoms with Crippen LogP contribution in [0.5, 0.6) is 0 Å². The molecule has 7 nitrogen and oxygen atoms in total. The molecule has 3 heterocycles. The quantitative estimate of drug-likeness (QED) is 0.418. The Hall–Kier alpha value is -2.52. The Morgan fingerprint density at radius 1 is 1.17 bits per heavy atom. The highest BCUT2D eigenvalue weighted by Gasteiger charge is 2.22. The van der Waals surface area contributed by atoms with Gasteiger partial charge in [0.05, 0.1) is 16.3 Å². The topological polar surface area (TPSA) is 74.3 Å². The van der Waals surface area contributed by atoms with Crippen molar-refractivity contribution in [2.24, 2.45) is 13.0 Å². The van der Waals surface area contributed by atoms with Crippen molar-refractivity contribution < 1.29 is 0 Å². The zero-order chi connectivity index (χ0) is 20.5. The minimum absolute atomic E-state index is 0.618. The molecule has 1 aromatic carbocycles. The maximum atomic E-state index is 4.49. The van der Waals surface area contributed by atoms with Crippen LogP contribution in [-0.2, 0) is 25.6 Å². The average Bonchev–Trinajstić information content (AvgIpc) is 3.50. The van der Waals surface area contributed by atoms with Gasteiger partial charge in [-0.1, -0.05) is 43.3 Å². The van der Waals surface area contributed by atoms with Crippen LogP contribution in [0.3, 0.4) is 0 Å². The fourth-order valence-electron chi connectivity index (χ4n) is 3.91. The van der Waals surface area contributed by atoms with Gasteiger partial charge in [-0.3, -0.25) is 0 Å². The monoisotopic (exact) mass is 437 g/mol. The summed E-state index contributed by atoms with van der Waals surface area (Å²) in [6.07, 6.45) is 4.96. The van der Waals surface area contributed by atoms with Gasteiger partial charge >= 0.3 is 0 Å². The van der Waals surface area contributed by atoms with Crippen LogP contribution in [0.4, 0.5) is 0 Å². The molecule has 0 bridgehead atoms. The molecule has 0 saturated carbocycles. The van der Waals surface area contributed by atoms with Crippen molar-refractivity contribution in [3.63, 3.8) is 0 Å². The highest BCUT2D eigenvalue weighted by molar-refractivity contribution is 7.98. The number of nitrogens with zero attached hydrogens (tertiary/aromatic N) is 7. The molecule has 0 spiro atoms. The van der Waals surface area contributed by atoms with Gasteiger partial charge in [-0.05, 0) is 59.4 Å². The molecule has 30 heavy (non-hydrogen) atoms. The van der Waals surface area contributed by atoms with E-state index >= 15 is 0 Å². The first-order valence-corrected chi connectivity index (χ1v) is 12.0. The van der Waals surface area contributed by atoms with Gasteiger partial charge in [0.15, 0.2) is 16.8 Å². The lowest BCUT2D eigenvalue weighted by molar-refractivity contribution is 0.449. The standard InChI is InChI=1S/C21H23N7S2/c1-3-14-9-10-17-15(11-14)12-18(30-17)20-23-24-21(27(20)2)29-13-19-22-25-26-28(19)16-7-5-4-6-8-16/h4-8,12,14H,3,9-11,13H2,1-2H3/t14-/m1/s1. The Kier molecular flexibility index (Phi) is 5.39. The summed E-state index contributed by atoms with van der Waals surface area (Å²) in [4.78, 5) is 2.74. The summed E-state index contributed by atoms with van der Waals surface area (Å²) in [5, 5.41) is 22.0. The first-order valence-electron chi connectivity index (χ1n) is 10.2. The van der Waals surface area contributed by atoms with E-state index in [2.05, 4.69) is 43.3 Å². The summed E-state index contributed by atoms with van der Waals surface area (Å²) in [5.74, 6) is 3.16. The molecular formula is C21H23N7S2. The van der Waals surface area contributed by atoms with Crippen LogP contribution in [-0.4, -0.2) is 35.0 Å². The number of hydrogen-bond donors (Lipinski definition) is 0. The average molecular weight is 438 g/mol. The minimum Gasteiger partial charge on any atom is -0.304 e. The first-order chi connectivity index (χ1) is 14.7. The third-order valence-electron chi connectivity index (χ3n) is 5.68. The SMILES string of the molecule is CC[C@@H]1CCc2sc(-c3nnc(SCc4nnnn4-c4ccccc4)n3C)cc2C1. The minimum atomic E-state index is 0.618. The lowest BCUT2D eigenvalue weighted by Gasteiger charge is -2.19. The fourth-order valence-corrected chi connectivity index (χ4v) is 5.95. The number of fused-ring (bicyclic) bond motifs is 1. The lowest BCUT2D eigenvalue weighted by Crippen LogP contribution is -2.10. The van der Waals surface area contributed by atoms with Crippen molar-refractivity contribution in [1.82, 2.24) is 35.0 Å². The Bertz CT molecular complexity index is 1150. The normalized spacial score (nSPS) is 16.0. The smallest absolute Gasteiger partial charge is 0.191 e. The van der Waals surface area contributed by atoms with Crippen molar-refractivity contribution in [3.05, 3.63) is 52.7 Å². The van der Waals surface area contributed by atoms with E-state index in [1.807, 2.05) is 48.7 Å². The molecule has 9 heteroatoms. The van der Waals surface area contributed by atoms with E-state index < -0.39 is 0 Å². The lowest BCUT2D eigenvalue weighted by atomic mass is 9.87. The van der Waals surface area contributed by atoms with Crippen LogP contribution < -0.4 is 0 Å². The maximum absolute atomic E-state index is 4.49. The van der Waals surface area contributed by atoms with E-state index in [1.165, 1.54) is 41.0 Å². The van der Waals surface area contributed by atoms with E-state index in [-0.39, 0.29) is 0 Å². The Morgan fingerprint density at radius 2 is 2.03 bits per heavy atom. The molecule has 5 rings (SSSR count). The largest absolute Gasteiger partial charge is 0.304 e. The molecule has 1 atom stereocenters. The number of tetrazole rings is 1. The van der Waals surface area contributed by atoms with Crippen LogP contribution in [0.15, 0.2) is 41.6 Å². The summed E-state index contributed by atoms with van der Waals surface area (Å²) in [5.41, 5.74) is 2.46. The third-order valence-corrected chi connectivity index (χ3v) is 7.93. The summed E-state index contributed by atoms with van der Waals surface area (Å²) in [6.45, 7) is 2.29. The van der Waals surface area contributed by atoms with Gasteiger partial charge in [-0.25, -0.2) is 0 Å². The zero-order valence-corrected chi connectivity index (χ0v) is 18.7. The predicted octanol–water partition coefficient (Wildman–Crippen LogP) is 4.33. The fraction of sp³-hybridized carbons (Fsp3) is 0.381. The third kappa shape index (κ3) is 3.67. The molecule has 0 fully saturated rings. The van der Waals surface area contributed by atoms with E-state index in [9.17, 15) is 0 Å². The number of aromatic nitrogens is 7. The van der Waals surface area contributed by atoms with Crippen LogP contribution in [0, 0.1) is 5.92 Å². The molecule has 3 aromatic heterocycles. The molecule has 0 aliphatic heterocycles. The van der Waals surface area contributed by atoms with Gasteiger partial charge in [-0.15, -0.1) is 26.6 Å². The van der Waals surface area contributed by atoms with Gasteiger partial charge in [0.25, 0.3) is 0 Å². The maximum Gasteiger partial charge on any atom is 0.191 e. The molecule has 0 saturated heterocycles. The highest BCUT2D eigenvalue weighted by atomic mass is 32.2. The Morgan fingerprint density at radius 3 is 2.87 bits per heavy atom. The first kappa shape index (κ1) is 19.4. The number of benzene rings is 1. The Labute approximate surface area is 183 Å². The number of thiophene rings is 1. The molecule has 1 aliphatic rings. The molecule has 0 amide bonds. The van der Waals surface area contributed by atoms with Crippen molar-refractivity contribution in [2.45, 2.75) is 43.5 Å². The number of thioether (sulfide) groups is 1. The number of aryl methyl sites for hydroxylation is 1. The summed E-state index contributed by atoms with van der Waals surface area (Å²) >= 11 is 3.47. The van der Waals surface area contributed by atoms with Crippen LogP contribution in [0.1, 0.15) is 36.0 Å². The van der Waals surface area contributed by atoms with Gasteiger partial charge in [0.1, 0.15) is 0 Å². The summed E-state index contributed by atoms with van der Waals surface area (Å²) < 4.78 is 3.84. The zero-order valence-electron chi connectivity index (χ0n) is 17.0. The van der Waals surface area contributed by atoms with Gasteiger partial charge in [-0.2, -0.15) is 4.68 Å². The summed E-state index contributed by atoms with van der Waals surface area (Å²) in [7, 11) is 2.03.